The highest BCUT2D eigenvalue weighted by molar-refractivity contribution is 6.40. The van der Waals surface area contributed by atoms with Crippen molar-refractivity contribution in [3.05, 3.63) is 39.5 Å². The molecule has 0 aliphatic heterocycles. The number of aryl methyl sites for hydroxylation is 1. The minimum atomic E-state index is 0.0260. The van der Waals surface area contributed by atoms with Crippen LogP contribution in [0.1, 0.15) is 25.1 Å². The monoisotopic (exact) mass is 296 g/mol. The third kappa shape index (κ3) is 3.02. The summed E-state index contributed by atoms with van der Waals surface area (Å²) in [4.78, 5) is 4.66. The lowest BCUT2D eigenvalue weighted by molar-refractivity contribution is 0.373. The molecule has 19 heavy (non-hydrogen) atoms. The molecule has 4 heteroatoms. The third-order valence-electron chi connectivity index (χ3n) is 3.32. The van der Waals surface area contributed by atoms with Crippen LogP contribution >= 0.6 is 23.2 Å². The Labute approximate surface area is 123 Å². The molecule has 1 aromatic heterocycles. The number of hydrogen-bond donors (Lipinski definition) is 1. The first-order valence-electron chi connectivity index (χ1n) is 6.28. The van der Waals surface area contributed by atoms with Gasteiger partial charge in [-0.05, 0) is 49.1 Å². The van der Waals surface area contributed by atoms with E-state index >= 15 is 0 Å². The van der Waals surface area contributed by atoms with Crippen LogP contribution in [0.3, 0.4) is 0 Å². The maximum atomic E-state index is 6.23. The molecule has 0 unspecified atom stereocenters. The number of aromatic nitrogens is 1. The number of pyridine rings is 1. The molecule has 0 spiro atoms. The Balaban J connectivity index is 2.59. The Morgan fingerprint density at radius 2 is 1.84 bits per heavy atom. The molecule has 0 saturated heterocycles. The summed E-state index contributed by atoms with van der Waals surface area (Å²) in [6, 6.07) is 5.67. The molecular formula is C15H18Cl2N2. The van der Waals surface area contributed by atoms with Gasteiger partial charge in [0.05, 0.1) is 15.6 Å². The van der Waals surface area contributed by atoms with Crippen molar-refractivity contribution in [2.24, 2.45) is 11.1 Å². The van der Waals surface area contributed by atoms with Crippen molar-refractivity contribution in [1.82, 2.24) is 4.98 Å². The van der Waals surface area contributed by atoms with E-state index < -0.39 is 0 Å². The van der Waals surface area contributed by atoms with Crippen molar-refractivity contribution >= 4 is 34.1 Å². The minimum absolute atomic E-state index is 0.0260. The standard InChI is InChI=1S/C15H18Cl2N2/c1-9-6-10(7-15(2,3)8-18)19-14-12(17)5-4-11(16)13(9)14/h4-6H,7-8,18H2,1-3H3. The molecule has 2 nitrogen and oxygen atoms in total. The maximum absolute atomic E-state index is 6.23. The molecule has 0 amide bonds. The minimum Gasteiger partial charge on any atom is -0.330 e. The Hall–Kier alpha value is -0.830. The summed E-state index contributed by atoms with van der Waals surface area (Å²) >= 11 is 12.5. The third-order valence-corrected chi connectivity index (χ3v) is 3.94. The zero-order valence-electron chi connectivity index (χ0n) is 11.4. The maximum Gasteiger partial charge on any atom is 0.0909 e. The molecule has 0 atom stereocenters. The van der Waals surface area contributed by atoms with Crippen molar-refractivity contribution < 1.29 is 0 Å². The van der Waals surface area contributed by atoms with Crippen LogP contribution in [0.2, 0.25) is 10.0 Å². The predicted octanol–water partition coefficient (Wildman–Crippen LogP) is 4.38. The largest absolute Gasteiger partial charge is 0.330 e. The average molecular weight is 297 g/mol. The topological polar surface area (TPSA) is 38.9 Å². The zero-order valence-corrected chi connectivity index (χ0v) is 12.9. The number of nitrogens with two attached hydrogens (primary N) is 1. The Morgan fingerprint density at radius 1 is 1.21 bits per heavy atom. The lowest BCUT2D eigenvalue weighted by atomic mass is 9.87. The van der Waals surface area contributed by atoms with E-state index in [2.05, 4.69) is 24.9 Å². The molecule has 1 aromatic carbocycles. The molecule has 2 aromatic rings. The summed E-state index contributed by atoms with van der Waals surface area (Å²) in [6.45, 7) is 6.92. The Bertz CT molecular complexity index is 621. The van der Waals surface area contributed by atoms with E-state index in [0.29, 0.717) is 16.6 Å². The number of benzene rings is 1. The first-order valence-corrected chi connectivity index (χ1v) is 7.04. The number of fused-ring (bicyclic) bond motifs is 1. The first-order chi connectivity index (χ1) is 8.84. The molecule has 1 heterocycles. The highest BCUT2D eigenvalue weighted by Gasteiger charge is 2.18. The number of halogens is 2. The number of rotatable bonds is 3. The van der Waals surface area contributed by atoms with Crippen LogP contribution in [-0.4, -0.2) is 11.5 Å². The van der Waals surface area contributed by atoms with Crippen LogP contribution in [0.15, 0.2) is 18.2 Å². The fourth-order valence-electron chi connectivity index (χ4n) is 2.18. The van der Waals surface area contributed by atoms with Crippen molar-refractivity contribution in [1.29, 1.82) is 0 Å². The van der Waals surface area contributed by atoms with E-state index in [0.717, 1.165) is 28.6 Å². The van der Waals surface area contributed by atoms with Gasteiger partial charge in [-0.15, -0.1) is 0 Å². The van der Waals surface area contributed by atoms with Gasteiger partial charge in [0.2, 0.25) is 0 Å². The molecule has 0 aliphatic rings. The Morgan fingerprint density at radius 3 is 2.47 bits per heavy atom. The van der Waals surface area contributed by atoms with E-state index in [1.807, 2.05) is 13.0 Å². The van der Waals surface area contributed by atoms with Crippen molar-refractivity contribution in [3.63, 3.8) is 0 Å². The molecule has 102 valence electrons. The summed E-state index contributed by atoms with van der Waals surface area (Å²) in [5, 5.41) is 2.26. The highest BCUT2D eigenvalue weighted by Crippen LogP contribution is 2.32. The zero-order chi connectivity index (χ0) is 14.2. The average Bonchev–Trinajstić information content (AvgIpc) is 2.33. The normalized spacial score (nSPS) is 12.1. The van der Waals surface area contributed by atoms with Gasteiger partial charge in [-0.3, -0.25) is 4.98 Å². The van der Waals surface area contributed by atoms with E-state index in [-0.39, 0.29) is 5.41 Å². The van der Waals surface area contributed by atoms with Crippen LogP contribution < -0.4 is 5.73 Å². The molecule has 2 N–H and O–H groups in total. The summed E-state index contributed by atoms with van der Waals surface area (Å²) in [7, 11) is 0. The summed E-state index contributed by atoms with van der Waals surface area (Å²) in [6.07, 6.45) is 0.823. The van der Waals surface area contributed by atoms with Gasteiger partial charge in [-0.1, -0.05) is 37.0 Å². The number of nitrogens with zero attached hydrogens (tertiary/aromatic N) is 1. The van der Waals surface area contributed by atoms with E-state index in [4.69, 9.17) is 28.9 Å². The summed E-state index contributed by atoms with van der Waals surface area (Å²) < 4.78 is 0. The van der Waals surface area contributed by atoms with Crippen LogP contribution in [0, 0.1) is 12.3 Å². The van der Waals surface area contributed by atoms with Gasteiger partial charge < -0.3 is 5.73 Å². The summed E-state index contributed by atoms with van der Waals surface area (Å²) in [5.41, 5.74) is 8.69. The van der Waals surface area contributed by atoms with E-state index in [1.54, 1.807) is 6.07 Å². The van der Waals surface area contributed by atoms with Crippen molar-refractivity contribution in [2.45, 2.75) is 27.2 Å². The van der Waals surface area contributed by atoms with Gasteiger partial charge in [-0.25, -0.2) is 0 Å². The Kier molecular flexibility index (Phi) is 4.05. The van der Waals surface area contributed by atoms with Gasteiger partial charge in [0.25, 0.3) is 0 Å². The quantitative estimate of drug-likeness (QED) is 0.913. The fraction of sp³-hybridized carbons (Fsp3) is 0.400. The molecule has 0 aliphatic carbocycles. The second-order valence-corrected chi connectivity index (χ2v) is 6.54. The van der Waals surface area contributed by atoms with Gasteiger partial charge in [0, 0.05) is 11.1 Å². The molecular weight excluding hydrogens is 279 g/mol. The lowest BCUT2D eigenvalue weighted by Gasteiger charge is -2.22. The predicted molar refractivity (Wildman–Crippen MR) is 83.0 cm³/mol. The molecule has 0 fully saturated rings. The second-order valence-electron chi connectivity index (χ2n) is 5.73. The van der Waals surface area contributed by atoms with Crippen LogP contribution in [0.25, 0.3) is 10.9 Å². The molecule has 0 bridgehead atoms. The van der Waals surface area contributed by atoms with Gasteiger partial charge in [-0.2, -0.15) is 0 Å². The van der Waals surface area contributed by atoms with Gasteiger partial charge >= 0.3 is 0 Å². The van der Waals surface area contributed by atoms with Crippen LogP contribution in [0.4, 0.5) is 0 Å². The molecule has 0 radical (unpaired) electrons. The van der Waals surface area contributed by atoms with E-state index in [1.165, 1.54) is 0 Å². The molecule has 0 saturated carbocycles. The van der Waals surface area contributed by atoms with Crippen molar-refractivity contribution in [3.8, 4) is 0 Å². The highest BCUT2D eigenvalue weighted by atomic mass is 35.5. The van der Waals surface area contributed by atoms with E-state index in [9.17, 15) is 0 Å². The fourth-order valence-corrected chi connectivity index (χ4v) is 2.68. The SMILES string of the molecule is Cc1cc(CC(C)(C)CN)nc2c(Cl)ccc(Cl)c12. The van der Waals surface area contributed by atoms with Crippen LogP contribution in [0.5, 0.6) is 0 Å². The number of hydrogen-bond acceptors (Lipinski definition) is 2. The lowest BCUT2D eigenvalue weighted by Crippen LogP contribution is -2.26. The van der Waals surface area contributed by atoms with Gasteiger partial charge in [0.15, 0.2) is 0 Å². The van der Waals surface area contributed by atoms with Crippen molar-refractivity contribution in [2.75, 3.05) is 6.54 Å². The second kappa shape index (κ2) is 5.28. The van der Waals surface area contributed by atoms with Gasteiger partial charge in [0.1, 0.15) is 0 Å². The summed E-state index contributed by atoms with van der Waals surface area (Å²) in [5.74, 6) is 0. The van der Waals surface area contributed by atoms with Crippen LogP contribution in [-0.2, 0) is 6.42 Å². The first kappa shape index (κ1) is 14.6. The molecule has 2 rings (SSSR count). The smallest absolute Gasteiger partial charge is 0.0909 e.